The number of nitrogens with zero attached hydrogens (tertiary/aromatic N) is 2. The van der Waals surface area contributed by atoms with E-state index in [1.807, 2.05) is 17.8 Å². The maximum absolute atomic E-state index is 5.49. The smallest absolute Gasteiger partial charge is 0.218 e. The van der Waals surface area contributed by atoms with Crippen LogP contribution in [0.5, 0.6) is 5.88 Å². The third kappa shape index (κ3) is 4.07. The van der Waals surface area contributed by atoms with Crippen LogP contribution in [0.15, 0.2) is 12.4 Å². The molecule has 1 aliphatic rings. The van der Waals surface area contributed by atoms with Gasteiger partial charge in [0.2, 0.25) is 5.88 Å². The zero-order valence-electron chi connectivity index (χ0n) is 10.2. The number of aromatic nitrogens is 2. The Labute approximate surface area is 107 Å². The summed E-state index contributed by atoms with van der Waals surface area (Å²) in [4.78, 5) is 8.32. The molecule has 0 amide bonds. The van der Waals surface area contributed by atoms with Crippen molar-refractivity contribution in [2.75, 3.05) is 23.4 Å². The summed E-state index contributed by atoms with van der Waals surface area (Å²) in [6.07, 6.45) is 5.06. The minimum atomic E-state index is 0.530. The topological polar surface area (TPSA) is 47.0 Å². The van der Waals surface area contributed by atoms with E-state index in [1.54, 1.807) is 6.33 Å². The first-order valence-electron chi connectivity index (χ1n) is 6.17. The lowest BCUT2D eigenvalue weighted by Gasteiger charge is -2.22. The van der Waals surface area contributed by atoms with Gasteiger partial charge in [0.15, 0.2) is 0 Å². The molecule has 1 unspecified atom stereocenters. The van der Waals surface area contributed by atoms with Crippen LogP contribution >= 0.6 is 11.8 Å². The summed E-state index contributed by atoms with van der Waals surface area (Å²) in [6.45, 7) is 2.79. The molecule has 1 atom stereocenters. The zero-order chi connectivity index (χ0) is 11.9. The summed E-state index contributed by atoms with van der Waals surface area (Å²) in [7, 11) is 0. The molecule has 0 saturated carbocycles. The zero-order valence-corrected chi connectivity index (χ0v) is 11.0. The molecule has 1 saturated heterocycles. The van der Waals surface area contributed by atoms with E-state index in [0.29, 0.717) is 18.5 Å². The third-order valence-corrected chi connectivity index (χ3v) is 3.82. The molecule has 5 heteroatoms. The van der Waals surface area contributed by atoms with Crippen LogP contribution in [-0.2, 0) is 0 Å². The minimum absolute atomic E-state index is 0.530. The molecule has 1 N–H and O–H groups in total. The second-order valence-corrected chi connectivity index (χ2v) is 5.30. The van der Waals surface area contributed by atoms with Crippen LogP contribution in [0.3, 0.4) is 0 Å². The first-order valence-corrected chi connectivity index (χ1v) is 7.33. The molecular formula is C12H19N3OS. The number of nitrogens with one attached hydrogen (secondary N) is 1. The molecule has 1 aromatic heterocycles. The van der Waals surface area contributed by atoms with Crippen LogP contribution in [0.4, 0.5) is 5.82 Å². The third-order valence-electron chi connectivity index (χ3n) is 2.61. The van der Waals surface area contributed by atoms with Gasteiger partial charge in [-0.2, -0.15) is 11.8 Å². The second-order valence-electron chi connectivity index (χ2n) is 4.15. The summed E-state index contributed by atoms with van der Waals surface area (Å²) >= 11 is 2.00. The van der Waals surface area contributed by atoms with E-state index < -0.39 is 0 Å². The molecule has 1 aliphatic heterocycles. The average molecular weight is 253 g/mol. The predicted octanol–water partition coefficient (Wildman–Crippen LogP) is 2.57. The van der Waals surface area contributed by atoms with Gasteiger partial charge in [-0.1, -0.05) is 6.92 Å². The Kier molecular flexibility index (Phi) is 4.91. The van der Waals surface area contributed by atoms with Crippen LogP contribution in [-0.4, -0.2) is 34.1 Å². The van der Waals surface area contributed by atoms with E-state index in [-0.39, 0.29) is 0 Å². The first-order chi connectivity index (χ1) is 8.38. The molecule has 1 fully saturated rings. The van der Waals surface area contributed by atoms with Gasteiger partial charge in [0, 0.05) is 17.9 Å². The molecule has 0 spiro atoms. The molecule has 1 aromatic rings. The van der Waals surface area contributed by atoms with E-state index in [0.717, 1.165) is 18.0 Å². The lowest BCUT2D eigenvalue weighted by molar-refractivity contribution is 0.305. The van der Waals surface area contributed by atoms with Crippen LogP contribution in [0.2, 0.25) is 0 Å². The first kappa shape index (κ1) is 12.5. The van der Waals surface area contributed by atoms with Gasteiger partial charge in [0.1, 0.15) is 12.1 Å². The number of hydrogen-bond donors (Lipinski definition) is 1. The molecular weight excluding hydrogens is 234 g/mol. The number of thioether (sulfide) groups is 1. The highest BCUT2D eigenvalue weighted by molar-refractivity contribution is 7.99. The van der Waals surface area contributed by atoms with Gasteiger partial charge in [-0.25, -0.2) is 9.97 Å². The molecule has 0 aliphatic carbocycles. The maximum atomic E-state index is 5.49. The highest BCUT2D eigenvalue weighted by Gasteiger charge is 2.14. The van der Waals surface area contributed by atoms with Crippen molar-refractivity contribution < 1.29 is 4.74 Å². The Hall–Kier alpha value is -0.970. The summed E-state index contributed by atoms with van der Waals surface area (Å²) in [5.41, 5.74) is 0. The molecule has 0 radical (unpaired) electrons. The number of ether oxygens (including phenoxy) is 1. The molecule has 2 heterocycles. The second kappa shape index (κ2) is 6.69. The van der Waals surface area contributed by atoms with Gasteiger partial charge in [0.25, 0.3) is 0 Å². The largest absolute Gasteiger partial charge is 0.478 e. The van der Waals surface area contributed by atoms with Crippen molar-refractivity contribution in [2.24, 2.45) is 0 Å². The molecule has 94 valence electrons. The number of hydrogen-bond acceptors (Lipinski definition) is 5. The van der Waals surface area contributed by atoms with Crippen molar-refractivity contribution in [1.82, 2.24) is 9.97 Å². The fourth-order valence-corrected chi connectivity index (χ4v) is 2.84. The summed E-state index contributed by atoms with van der Waals surface area (Å²) in [5.74, 6) is 3.98. The Morgan fingerprint density at radius 2 is 2.47 bits per heavy atom. The Morgan fingerprint density at radius 3 is 3.24 bits per heavy atom. The molecule has 0 bridgehead atoms. The predicted molar refractivity (Wildman–Crippen MR) is 71.8 cm³/mol. The van der Waals surface area contributed by atoms with E-state index >= 15 is 0 Å². The van der Waals surface area contributed by atoms with Crippen molar-refractivity contribution >= 4 is 17.6 Å². The van der Waals surface area contributed by atoms with Crippen molar-refractivity contribution in [3.05, 3.63) is 12.4 Å². The highest BCUT2D eigenvalue weighted by Crippen LogP contribution is 2.21. The minimum Gasteiger partial charge on any atom is -0.478 e. The fourth-order valence-electron chi connectivity index (χ4n) is 1.77. The van der Waals surface area contributed by atoms with Gasteiger partial charge in [-0.05, 0) is 25.0 Å². The van der Waals surface area contributed by atoms with Gasteiger partial charge in [-0.15, -0.1) is 0 Å². The van der Waals surface area contributed by atoms with Crippen LogP contribution in [0, 0.1) is 0 Å². The average Bonchev–Trinajstić information content (AvgIpc) is 2.38. The normalized spacial score (nSPS) is 19.9. The fraction of sp³-hybridized carbons (Fsp3) is 0.667. The Balaban J connectivity index is 1.90. The SMILES string of the molecule is CCCOc1cc(NC2CCCSC2)ncn1. The van der Waals surface area contributed by atoms with Crippen molar-refractivity contribution in [2.45, 2.75) is 32.2 Å². The van der Waals surface area contributed by atoms with Gasteiger partial charge >= 0.3 is 0 Å². The van der Waals surface area contributed by atoms with E-state index in [2.05, 4.69) is 22.2 Å². The molecule has 0 aromatic carbocycles. The van der Waals surface area contributed by atoms with Crippen LogP contribution in [0.1, 0.15) is 26.2 Å². The van der Waals surface area contributed by atoms with Gasteiger partial charge < -0.3 is 10.1 Å². The van der Waals surface area contributed by atoms with E-state index in [9.17, 15) is 0 Å². The quantitative estimate of drug-likeness (QED) is 0.874. The van der Waals surface area contributed by atoms with Gasteiger partial charge in [-0.3, -0.25) is 0 Å². The van der Waals surface area contributed by atoms with Crippen molar-refractivity contribution in [3.8, 4) is 5.88 Å². The van der Waals surface area contributed by atoms with E-state index in [4.69, 9.17) is 4.74 Å². The van der Waals surface area contributed by atoms with E-state index in [1.165, 1.54) is 18.6 Å². The lowest BCUT2D eigenvalue weighted by Crippen LogP contribution is -2.26. The summed E-state index contributed by atoms with van der Waals surface area (Å²) in [6, 6.07) is 2.41. The Morgan fingerprint density at radius 1 is 1.53 bits per heavy atom. The maximum Gasteiger partial charge on any atom is 0.218 e. The monoisotopic (exact) mass is 253 g/mol. The van der Waals surface area contributed by atoms with Gasteiger partial charge in [0.05, 0.1) is 6.61 Å². The molecule has 2 rings (SSSR count). The van der Waals surface area contributed by atoms with Crippen LogP contribution in [0.25, 0.3) is 0 Å². The van der Waals surface area contributed by atoms with Crippen molar-refractivity contribution in [1.29, 1.82) is 0 Å². The Bertz CT molecular complexity index is 342. The lowest BCUT2D eigenvalue weighted by atomic mass is 10.2. The molecule has 17 heavy (non-hydrogen) atoms. The molecule has 4 nitrogen and oxygen atoms in total. The number of rotatable bonds is 5. The highest BCUT2D eigenvalue weighted by atomic mass is 32.2. The summed E-state index contributed by atoms with van der Waals surface area (Å²) < 4.78 is 5.49. The van der Waals surface area contributed by atoms with Crippen molar-refractivity contribution in [3.63, 3.8) is 0 Å². The standard InChI is InChI=1S/C12H19N3OS/c1-2-5-16-12-7-11(13-9-14-12)15-10-4-3-6-17-8-10/h7,9-10H,2-6,8H2,1H3,(H,13,14,15). The van der Waals surface area contributed by atoms with Crippen LogP contribution < -0.4 is 10.1 Å². The summed E-state index contributed by atoms with van der Waals surface area (Å²) in [5, 5.41) is 3.45. The number of anilines is 1.